The molecule has 1 aromatic heterocycles. The lowest BCUT2D eigenvalue weighted by Gasteiger charge is -2.19. The van der Waals surface area contributed by atoms with Crippen LogP contribution in [0.3, 0.4) is 0 Å². The molecule has 0 unspecified atom stereocenters. The van der Waals surface area contributed by atoms with Gasteiger partial charge in [-0.1, -0.05) is 30.3 Å². The summed E-state index contributed by atoms with van der Waals surface area (Å²) in [4.78, 5) is 15.2. The number of carbonyl (C=O) groups excluding carboxylic acids is 1. The van der Waals surface area contributed by atoms with E-state index in [1.54, 1.807) is 4.68 Å². The van der Waals surface area contributed by atoms with E-state index in [0.717, 1.165) is 47.1 Å². The molecule has 0 spiro atoms. The molecule has 0 bridgehead atoms. The van der Waals surface area contributed by atoms with Gasteiger partial charge in [-0.15, -0.1) is 0 Å². The number of aryl methyl sites for hydroxylation is 1. The Hall–Kier alpha value is -2.66. The van der Waals surface area contributed by atoms with Gasteiger partial charge in [-0.2, -0.15) is 5.10 Å². The molecule has 0 aliphatic carbocycles. The Morgan fingerprint density at radius 2 is 2.00 bits per heavy atom. The van der Waals surface area contributed by atoms with Crippen molar-refractivity contribution in [2.24, 2.45) is 13.0 Å². The van der Waals surface area contributed by atoms with Crippen LogP contribution in [0.2, 0.25) is 0 Å². The molecule has 0 saturated carbocycles. The van der Waals surface area contributed by atoms with Crippen LogP contribution in [0, 0.1) is 5.92 Å². The zero-order valence-electron chi connectivity index (χ0n) is 14.9. The van der Waals surface area contributed by atoms with Crippen molar-refractivity contribution in [3.8, 4) is 11.1 Å². The van der Waals surface area contributed by atoms with E-state index >= 15 is 0 Å². The third kappa shape index (κ3) is 2.42. The lowest BCUT2D eigenvalue weighted by molar-refractivity contribution is 0.0784. The number of carbonyl (C=O) groups is 1. The van der Waals surface area contributed by atoms with Gasteiger partial charge < -0.3 is 10.2 Å². The summed E-state index contributed by atoms with van der Waals surface area (Å²) in [6, 6.07) is 12.7. The second kappa shape index (κ2) is 5.95. The molecule has 2 aliphatic rings. The standard InChI is InChI=1S/C21H22N4O/c1-24-11-15(10-23-24)16-4-2-6-18-17(16)5-3-7-19(18)21(26)25-12-14-8-9-22-20(14)13-25/h2-7,10-11,14,20,22H,8-9,12-13H2,1H3/t14-,20+/m0/s1. The Morgan fingerprint density at radius 3 is 2.81 bits per heavy atom. The average Bonchev–Trinajstić information content (AvgIpc) is 3.36. The number of nitrogens with zero attached hydrogens (tertiary/aromatic N) is 3. The van der Waals surface area contributed by atoms with Crippen LogP contribution in [0.5, 0.6) is 0 Å². The largest absolute Gasteiger partial charge is 0.337 e. The fourth-order valence-electron chi connectivity index (χ4n) is 4.49. The first-order valence-corrected chi connectivity index (χ1v) is 9.24. The average molecular weight is 346 g/mol. The molecule has 3 aromatic rings. The van der Waals surface area contributed by atoms with E-state index in [-0.39, 0.29) is 5.91 Å². The monoisotopic (exact) mass is 346 g/mol. The molecule has 2 saturated heterocycles. The molecule has 2 atom stereocenters. The molecule has 2 aliphatic heterocycles. The highest BCUT2D eigenvalue weighted by molar-refractivity contribution is 6.10. The van der Waals surface area contributed by atoms with E-state index in [0.29, 0.717) is 12.0 Å². The minimum Gasteiger partial charge on any atom is -0.337 e. The minimum atomic E-state index is 0.148. The maximum absolute atomic E-state index is 13.2. The number of nitrogens with one attached hydrogen (secondary N) is 1. The maximum atomic E-state index is 13.2. The Balaban J connectivity index is 1.55. The summed E-state index contributed by atoms with van der Waals surface area (Å²) in [5.41, 5.74) is 2.99. The predicted octanol–water partition coefficient (Wildman–Crippen LogP) is 2.67. The van der Waals surface area contributed by atoms with Crippen molar-refractivity contribution >= 4 is 16.7 Å². The molecule has 5 rings (SSSR count). The lowest BCUT2D eigenvalue weighted by Crippen LogP contribution is -2.34. The zero-order valence-corrected chi connectivity index (χ0v) is 14.9. The van der Waals surface area contributed by atoms with E-state index in [9.17, 15) is 4.79 Å². The summed E-state index contributed by atoms with van der Waals surface area (Å²) in [5, 5.41) is 9.93. The fourth-order valence-corrected chi connectivity index (χ4v) is 4.49. The number of amides is 1. The molecule has 2 fully saturated rings. The highest BCUT2D eigenvalue weighted by atomic mass is 16.2. The zero-order chi connectivity index (χ0) is 17.7. The molecule has 1 amide bonds. The lowest BCUT2D eigenvalue weighted by atomic mass is 9.96. The number of likely N-dealkylation sites (tertiary alicyclic amines) is 1. The quantitative estimate of drug-likeness (QED) is 0.776. The summed E-state index contributed by atoms with van der Waals surface area (Å²) in [6.07, 6.45) is 5.06. The van der Waals surface area contributed by atoms with Crippen molar-refractivity contribution in [1.29, 1.82) is 0 Å². The van der Waals surface area contributed by atoms with Crippen molar-refractivity contribution < 1.29 is 4.79 Å². The normalized spacial score (nSPS) is 22.1. The Bertz CT molecular complexity index is 981. The van der Waals surface area contributed by atoms with Gasteiger partial charge >= 0.3 is 0 Å². The molecule has 132 valence electrons. The van der Waals surface area contributed by atoms with E-state index in [1.165, 1.54) is 6.42 Å². The number of fused-ring (bicyclic) bond motifs is 2. The molecule has 26 heavy (non-hydrogen) atoms. The van der Waals surface area contributed by atoms with Gasteiger partial charge in [0.1, 0.15) is 0 Å². The van der Waals surface area contributed by atoms with Crippen LogP contribution in [-0.4, -0.2) is 46.3 Å². The van der Waals surface area contributed by atoms with Crippen molar-refractivity contribution in [1.82, 2.24) is 20.0 Å². The number of hydrogen-bond donors (Lipinski definition) is 1. The molecular formula is C21H22N4O. The molecule has 1 N–H and O–H groups in total. The summed E-state index contributed by atoms with van der Waals surface area (Å²) in [5.74, 6) is 0.759. The van der Waals surface area contributed by atoms with Gasteiger partial charge in [0.2, 0.25) is 0 Å². The van der Waals surface area contributed by atoms with Crippen molar-refractivity contribution in [2.75, 3.05) is 19.6 Å². The second-order valence-corrected chi connectivity index (χ2v) is 7.43. The Morgan fingerprint density at radius 1 is 1.15 bits per heavy atom. The van der Waals surface area contributed by atoms with Gasteiger partial charge in [0.05, 0.1) is 6.20 Å². The number of hydrogen-bond acceptors (Lipinski definition) is 3. The van der Waals surface area contributed by atoms with Crippen LogP contribution in [0.25, 0.3) is 21.9 Å². The Labute approximate surface area is 152 Å². The minimum absolute atomic E-state index is 0.148. The molecule has 2 aromatic carbocycles. The van der Waals surface area contributed by atoms with Gasteiger partial charge in [0.25, 0.3) is 5.91 Å². The highest BCUT2D eigenvalue weighted by Gasteiger charge is 2.38. The summed E-state index contributed by atoms with van der Waals surface area (Å²) in [7, 11) is 1.92. The maximum Gasteiger partial charge on any atom is 0.254 e. The molecule has 3 heterocycles. The summed E-state index contributed by atoms with van der Waals surface area (Å²) >= 11 is 0. The summed E-state index contributed by atoms with van der Waals surface area (Å²) < 4.78 is 1.80. The van der Waals surface area contributed by atoms with Gasteiger partial charge in [-0.05, 0) is 41.3 Å². The van der Waals surface area contributed by atoms with Crippen LogP contribution in [0.1, 0.15) is 16.8 Å². The van der Waals surface area contributed by atoms with E-state index in [1.807, 2.05) is 42.5 Å². The van der Waals surface area contributed by atoms with Gasteiger partial charge in [-0.3, -0.25) is 9.48 Å². The van der Waals surface area contributed by atoms with Crippen molar-refractivity contribution in [2.45, 2.75) is 12.5 Å². The van der Waals surface area contributed by atoms with Crippen LogP contribution >= 0.6 is 0 Å². The predicted molar refractivity (Wildman–Crippen MR) is 102 cm³/mol. The fraction of sp³-hybridized carbons (Fsp3) is 0.333. The van der Waals surface area contributed by atoms with E-state index < -0.39 is 0 Å². The highest BCUT2D eigenvalue weighted by Crippen LogP contribution is 2.32. The first-order chi connectivity index (χ1) is 12.7. The number of aromatic nitrogens is 2. The SMILES string of the molecule is Cn1cc(-c2cccc3c(C(=O)N4C[C@@H]5CCN[C@@H]5C4)cccc23)cn1. The number of rotatable bonds is 2. The van der Waals surface area contributed by atoms with Crippen LogP contribution in [0.4, 0.5) is 0 Å². The Kier molecular flexibility index (Phi) is 3.57. The van der Waals surface area contributed by atoms with Gasteiger partial charge in [-0.25, -0.2) is 0 Å². The van der Waals surface area contributed by atoms with Crippen molar-refractivity contribution in [3.63, 3.8) is 0 Å². The van der Waals surface area contributed by atoms with Crippen LogP contribution < -0.4 is 5.32 Å². The molecule has 5 nitrogen and oxygen atoms in total. The first-order valence-electron chi connectivity index (χ1n) is 9.24. The van der Waals surface area contributed by atoms with Crippen LogP contribution in [0.15, 0.2) is 48.8 Å². The van der Waals surface area contributed by atoms with Gasteiger partial charge in [0, 0.05) is 43.5 Å². The van der Waals surface area contributed by atoms with Crippen LogP contribution in [-0.2, 0) is 7.05 Å². The van der Waals surface area contributed by atoms with E-state index in [2.05, 4.69) is 28.6 Å². The molecule has 5 heteroatoms. The van der Waals surface area contributed by atoms with Gasteiger partial charge in [0.15, 0.2) is 0 Å². The molecule has 0 radical (unpaired) electrons. The number of benzene rings is 2. The first kappa shape index (κ1) is 15.6. The third-order valence-electron chi connectivity index (χ3n) is 5.82. The summed E-state index contributed by atoms with van der Waals surface area (Å²) in [6.45, 7) is 2.78. The topological polar surface area (TPSA) is 50.2 Å². The van der Waals surface area contributed by atoms with E-state index in [4.69, 9.17) is 0 Å². The second-order valence-electron chi connectivity index (χ2n) is 7.43. The van der Waals surface area contributed by atoms with Crippen molar-refractivity contribution in [3.05, 3.63) is 54.4 Å². The third-order valence-corrected chi connectivity index (χ3v) is 5.82. The smallest absolute Gasteiger partial charge is 0.254 e. The molecular weight excluding hydrogens is 324 g/mol.